The summed E-state index contributed by atoms with van der Waals surface area (Å²) < 4.78 is 0. The summed E-state index contributed by atoms with van der Waals surface area (Å²) in [6.07, 6.45) is 9.10. The number of benzene rings is 1. The molecule has 0 saturated carbocycles. The third-order valence-electron chi connectivity index (χ3n) is 3.62. The molecule has 18 heavy (non-hydrogen) atoms. The van der Waals surface area contributed by atoms with Gasteiger partial charge in [0.1, 0.15) is 0 Å². The third-order valence-corrected chi connectivity index (χ3v) is 3.62. The number of allylic oxidation sites excluding steroid dienone is 2. The van der Waals surface area contributed by atoms with E-state index in [1.54, 1.807) is 0 Å². The van der Waals surface area contributed by atoms with Crippen molar-refractivity contribution in [3.8, 4) is 0 Å². The lowest BCUT2D eigenvalue weighted by molar-refractivity contribution is 0.234. The van der Waals surface area contributed by atoms with E-state index in [1.165, 1.54) is 24.8 Å². The number of aliphatic hydroxyl groups excluding tert-OH is 1. The molecule has 0 saturated heterocycles. The van der Waals surface area contributed by atoms with Crippen LogP contribution >= 0.6 is 0 Å². The van der Waals surface area contributed by atoms with E-state index >= 15 is 0 Å². The van der Waals surface area contributed by atoms with Crippen molar-refractivity contribution < 1.29 is 5.11 Å². The average molecular weight is 245 g/mol. The monoisotopic (exact) mass is 245 g/mol. The van der Waals surface area contributed by atoms with Crippen molar-refractivity contribution in [3.05, 3.63) is 48.0 Å². The molecule has 2 nitrogen and oxygen atoms in total. The van der Waals surface area contributed by atoms with Crippen LogP contribution < -0.4 is 5.32 Å². The van der Waals surface area contributed by atoms with Crippen LogP contribution in [0.4, 0.5) is 0 Å². The summed E-state index contributed by atoms with van der Waals surface area (Å²) in [5.74, 6) is 0.736. The first-order chi connectivity index (χ1) is 8.88. The predicted octanol–water partition coefficient (Wildman–Crippen LogP) is 2.54. The summed E-state index contributed by atoms with van der Waals surface area (Å²) in [7, 11) is 0. The molecule has 2 atom stereocenters. The molecular formula is C16H23NO. The van der Waals surface area contributed by atoms with Gasteiger partial charge in [0, 0.05) is 6.04 Å². The molecule has 1 aliphatic rings. The maximum atomic E-state index is 9.44. The predicted molar refractivity (Wildman–Crippen MR) is 75.5 cm³/mol. The van der Waals surface area contributed by atoms with Crippen molar-refractivity contribution in [2.75, 3.05) is 13.2 Å². The summed E-state index contributed by atoms with van der Waals surface area (Å²) >= 11 is 0. The Morgan fingerprint density at radius 3 is 2.72 bits per heavy atom. The van der Waals surface area contributed by atoms with E-state index in [1.807, 2.05) is 6.07 Å². The van der Waals surface area contributed by atoms with E-state index in [9.17, 15) is 5.11 Å². The topological polar surface area (TPSA) is 32.3 Å². The zero-order chi connectivity index (χ0) is 12.6. The minimum atomic E-state index is 0.179. The largest absolute Gasteiger partial charge is 0.395 e. The first-order valence-corrected chi connectivity index (χ1v) is 6.91. The van der Waals surface area contributed by atoms with E-state index in [0.29, 0.717) is 0 Å². The molecule has 0 amide bonds. The molecule has 1 aliphatic carbocycles. The van der Waals surface area contributed by atoms with Crippen molar-refractivity contribution in [2.45, 2.75) is 31.7 Å². The van der Waals surface area contributed by atoms with Gasteiger partial charge in [-0.15, -0.1) is 0 Å². The molecule has 1 aromatic rings. The van der Waals surface area contributed by atoms with Crippen LogP contribution in [0.25, 0.3) is 0 Å². The molecule has 0 aromatic heterocycles. The number of nitrogens with one attached hydrogen (secondary N) is 1. The lowest BCUT2D eigenvalue weighted by atomic mass is 9.94. The van der Waals surface area contributed by atoms with Crippen molar-refractivity contribution >= 4 is 0 Å². The van der Waals surface area contributed by atoms with Crippen molar-refractivity contribution in [1.29, 1.82) is 0 Å². The summed E-state index contributed by atoms with van der Waals surface area (Å²) in [6, 6.07) is 10.5. The quantitative estimate of drug-likeness (QED) is 0.755. The Morgan fingerprint density at radius 2 is 2.06 bits per heavy atom. The Balaban J connectivity index is 1.77. The van der Waals surface area contributed by atoms with Crippen molar-refractivity contribution in [2.24, 2.45) is 5.92 Å². The van der Waals surface area contributed by atoms with E-state index in [4.69, 9.17) is 0 Å². The molecule has 2 heteroatoms. The van der Waals surface area contributed by atoms with Gasteiger partial charge in [-0.25, -0.2) is 0 Å². The second kappa shape index (κ2) is 7.34. The molecule has 1 aromatic carbocycles. The molecule has 98 valence electrons. The second-order valence-corrected chi connectivity index (χ2v) is 5.13. The van der Waals surface area contributed by atoms with E-state index < -0.39 is 0 Å². The van der Waals surface area contributed by atoms with Crippen LogP contribution in [0, 0.1) is 5.92 Å². The maximum absolute atomic E-state index is 9.44. The maximum Gasteiger partial charge on any atom is 0.0587 e. The van der Waals surface area contributed by atoms with Gasteiger partial charge in [-0.3, -0.25) is 0 Å². The van der Waals surface area contributed by atoms with Gasteiger partial charge in [-0.1, -0.05) is 42.5 Å². The van der Waals surface area contributed by atoms with Crippen LogP contribution in [0.3, 0.4) is 0 Å². The summed E-state index contributed by atoms with van der Waals surface area (Å²) in [5.41, 5.74) is 1.28. The van der Waals surface area contributed by atoms with E-state index in [2.05, 4.69) is 41.7 Å². The molecule has 2 rings (SSSR count). The fourth-order valence-corrected chi connectivity index (χ4v) is 2.47. The standard InChI is InChI=1S/C16H23NO/c18-13-16(11-14-7-3-1-4-8-14)17-12-15-9-5-2-6-10-15/h1-5,7-8,15-18H,6,9-13H2/t15?,16-/m1/s1. The SMILES string of the molecule is OC[C@@H](Cc1ccccc1)NCC1CC=CCC1. The van der Waals surface area contributed by atoms with E-state index in [0.717, 1.165) is 18.9 Å². The Kier molecular flexibility index (Phi) is 5.43. The van der Waals surface area contributed by atoms with Crippen LogP contribution in [-0.2, 0) is 6.42 Å². The summed E-state index contributed by atoms with van der Waals surface area (Å²) in [6.45, 7) is 1.22. The van der Waals surface area contributed by atoms with Crippen LogP contribution in [0.5, 0.6) is 0 Å². The zero-order valence-corrected chi connectivity index (χ0v) is 10.9. The first-order valence-electron chi connectivity index (χ1n) is 6.91. The van der Waals surface area contributed by atoms with Gasteiger partial charge in [0.2, 0.25) is 0 Å². The fraction of sp³-hybridized carbons (Fsp3) is 0.500. The molecule has 0 spiro atoms. The highest BCUT2D eigenvalue weighted by Crippen LogP contribution is 2.17. The van der Waals surface area contributed by atoms with E-state index in [-0.39, 0.29) is 12.6 Å². The Labute approximate surface area is 110 Å². The molecule has 0 bridgehead atoms. The number of aliphatic hydroxyl groups is 1. The Morgan fingerprint density at radius 1 is 1.22 bits per heavy atom. The smallest absolute Gasteiger partial charge is 0.0587 e. The number of hydrogen-bond donors (Lipinski definition) is 2. The Bertz CT molecular complexity index is 361. The summed E-state index contributed by atoms with van der Waals surface area (Å²) in [4.78, 5) is 0. The van der Waals surface area contributed by atoms with Gasteiger partial charge < -0.3 is 10.4 Å². The van der Waals surface area contributed by atoms with Gasteiger partial charge in [0.25, 0.3) is 0 Å². The Hall–Kier alpha value is -1.12. The second-order valence-electron chi connectivity index (χ2n) is 5.13. The summed E-state index contributed by atoms with van der Waals surface area (Å²) in [5, 5.41) is 12.9. The van der Waals surface area contributed by atoms with Crippen LogP contribution in [-0.4, -0.2) is 24.3 Å². The van der Waals surface area contributed by atoms with Crippen LogP contribution in [0.2, 0.25) is 0 Å². The fourth-order valence-electron chi connectivity index (χ4n) is 2.47. The number of rotatable bonds is 6. The zero-order valence-electron chi connectivity index (χ0n) is 10.9. The molecule has 0 heterocycles. The van der Waals surface area contributed by atoms with Crippen molar-refractivity contribution in [3.63, 3.8) is 0 Å². The lowest BCUT2D eigenvalue weighted by Crippen LogP contribution is -2.38. The van der Waals surface area contributed by atoms with Gasteiger partial charge in [0.05, 0.1) is 6.61 Å². The highest BCUT2D eigenvalue weighted by molar-refractivity contribution is 5.15. The van der Waals surface area contributed by atoms with Crippen LogP contribution in [0.1, 0.15) is 24.8 Å². The molecule has 0 radical (unpaired) electrons. The highest BCUT2D eigenvalue weighted by Gasteiger charge is 2.13. The molecule has 1 unspecified atom stereocenters. The normalized spacial score (nSPS) is 20.8. The minimum absolute atomic E-state index is 0.179. The van der Waals surface area contributed by atoms with Crippen LogP contribution in [0.15, 0.2) is 42.5 Å². The third kappa shape index (κ3) is 4.28. The molecule has 0 fully saturated rings. The van der Waals surface area contributed by atoms with Crippen molar-refractivity contribution in [1.82, 2.24) is 5.32 Å². The first kappa shape index (κ1) is 13.3. The van der Waals surface area contributed by atoms with Gasteiger partial charge >= 0.3 is 0 Å². The number of hydrogen-bond acceptors (Lipinski definition) is 2. The molecular weight excluding hydrogens is 222 g/mol. The van der Waals surface area contributed by atoms with Gasteiger partial charge in [-0.2, -0.15) is 0 Å². The van der Waals surface area contributed by atoms with Gasteiger partial charge in [0.15, 0.2) is 0 Å². The molecule has 0 aliphatic heterocycles. The lowest BCUT2D eigenvalue weighted by Gasteiger charge is -2.22. The molecule has 2 N–H and O–H groups in total. The average Bonchev–Trinajstić information content (AvgIpc) is 2.45. The van der Waals surface area contributed by atoms with Gasteiger partial charge in [-0.05, 0) is 43.7 Å². The minimum Gasteiger partial charge on any atom is -0.395 e. The highest BCUT2D eigenvalue weighted by atomic mass is 16.3.